The van der Waals surface area contributed by atoms with E-state index in [1.165, 1.54) is 0 Å². The zero-order valence-electron chi connectivity index (χ0n) is 13.2. The topological polar surface area (TPSA) is 123 Å². The van der Waals surface area contributed by atoms with Crippen molar-refractivity contribution in [3.63, 3.8) is 0 Å². The van der Waals surface area contributed by atoms with Gasteiger partial charge >= 0.3 is 0 Å². The molecule has 1 N–H and O–H groups in total. The van der Waals surface area contributed by atoms with Gasteiger partial charge in [0, 0.05) is 5.56 Å². The van der Waals surface area contributed by atoms with E-state index in [-0.39, 0.29) is 6.61 Å². The standard InChI is InChI=1S/C17H14N4O3/c1-11-16(9-20)14(21)24-17(11,23-10-15(16,7-18)8-19)12-3-5-13(22-2)6-4-12/h3-6,11,21H,10H2,1-2H3. The maximum Gasteiger partial charge on any atom is 0.243 e. The van der Waals surface area contributed by atoms with Gasteiger partial charge in [0.05, 0.1) is 37.8 Å². The molecule has 0 saturated carbocycles. The highest BCUT2D eigenvalue weighted by atomic mass is 16.7. The van der Waals surface area contributed by atoms with Crippen LogP contribution in [0.25, 0.3) is 0 Å². The minimum absolute atomic E-state index is 0.313. The second-order valence-electron chi connectivity index (χ2n) is 5.89. The Balaban J connectivity index is 2.19. The molecule has 2 aliphatic rings. The van der Waals surface area contributed by atoms with Gasteiger partial charge in [0.1, 0.15) is 5.75 Å². The average Bonchev–Trinajstić information content (AvgIpc) is 2.78. The van der Waals surface area contributed by atoms with Crippen LogP contribution in [0.15, 0.2) is 24.3 Å². The molecular weight excluding hydrogens is 308 g/mol. The van der Waals surface area contributed by atoms with E-state index in [2.05, 4.69) is 0 Å². The number of benzene rings is 1. The van der Waals surface area contributed by atoms with Crippen LogP contribution in [0.1, 0.15) is 12.5 Å². The predicted molar refractivity (Wildman–Crippen MR) is 80.3 cm³/mol. The molecule has 0 radical (unpaired) electrons. The number of ether oxygens (including phenoxy) is 3. The second-order valence-corrected chi connectivity index (χ2v) is 5.89. The first-order chi connectivity index (χ1) is 11.5. The smallest absolute Gasteiger partial charge is 0.243 e. The van der Waals surface area contributed by atoms with Gasteiger partial charge in [0.15, 0.2) is 10.8 Å². The second kappa shape index (κ2) is 4.96. The highest BCUT2D eigenvalue weighted by Crippen LogP contribution is 2.63. The molecule has 0 amide bonds. The molecule has 3 rings (SSSR count). The van der Waals surface area contributed by atoms with Crippen LogP contribution >= 0.6 is 0 Å². The lowest BCUT2D eigenvalue weighted by Gasteiger charge is -2.44. The van der Waals surface area contributed by atoms with E-state index in [0.29, 0.717) is 11.3 Å². The molecule has 1 aromatic rings. The molecular formula is C17H14N4O3. The molecule has 120 valence electrons. The van der Waals surface area contributed by atoms with Crippen LogP contribution in [0.4, 0.5) is 0 Å². The summed E-state index contributed by atoms with van der Waals surface area (Å²) in [7, 11) is 1.55. The number of nitrogens with zero attached hydrogens (tertiary/aromatic N) is 3. The van der Waals surface area contributed by atoms with Gasteiger partial charge < -0.3 is 14.2 Å². The largest absolute Gasteiger partial charge is 0.497 e. The SMILES string of the molecule is COc1ccc(C23OCC(C#N)(C#N)C(C#N)(C(=N)O2)C3C)cc1. The van der Waals surface area contributed by atoms with Crippen LogP contribution in [0.5, 0.6) is 5.75 Å². The van der Waals surface area contributed by atoms with E-state index in [1.807, 2.05) is 18.2 Å². The fourth-order valence-electron chi connectivity index (χ4n) is 3.57. The Morgan fingerprint density at radius 3 is 2.29 bits per heavy atom. The van der Waals surface area contributed by atoms with Gasteiger partial charge in [-0.3, -0.25) is 5.41 Å². The number of nitriles is 3. The first-order valence-corrected chi connectivity index (χ1v) is 7.26. The third kappa shape index (κ3) is 1.53. The summed E-state index contributed by atoms with van der Waals surface area (Å²) in [5, 5.41) is 37.1. The molecule has 2 saturated heterocycles. The van der Waals surface area contributed by atoms with E-state index >= 15 is 0 Å². The van der Waals surface area contributed by atoms with E-state index in [4.69, 9.17) is 19.6 Å². The quantitative estimate of drug-likeness (QED) is 0.889. The first kappa shape index (κ1) is 15.8. The Hall–Kier alpha value is -3.08. The van der Waals surface area contributed by atoms with Crippen LogP contribution < -0.4 is 4.74 Å². The summed E-state index contributed by atoms with van der Waals surface area (Å²) in [6, 6.07) is 12.7. The Labute approximate surface area is 139 Å². The summed E-state index contributed by atoms with van der Waals surface area (Å²) in [5.74, 6) is -1.87. The number of hydrogen-bond donors (Lipinski definition) is 1. The molecule has 7 nitrogen and oxygen atoms in total. The van der Waals surface area contributed by atoms with Crippen molar-refractivity contribution >= 4 is 5.90 Å². The van der Waals surface area contributed by atoms with Gasteiger partial charge in [0.25, 0.3) is 0 Å². The van der Waals surface area contributed by atoms with E-state index in [0.717, 1.165) is 0 Å². The molecule has 0 aliphatic carbocycles. The molecule has 3 atom stereocenters. The minimum atomic E-state index is -1.79. The molecule has 2 heterocycles. The molecule has 0 spiro atoms. The van der Waals surface area contributed by atoms with Gasteiger partial charge in [-0.1, -0.05) is 6.92 Å². The predicted octanol–water partition coefficient (Wildman–Crippen LogP) is 2.07. The van der Waals surface area contributed by atoms with Gasteiger partial charge in [0.2, 0.25) is 11.7 Å². The number of rotatable bonds is 2. The van der Waals surface area contributed by atoms with Crippen LogP contribution in [0, 0.1) is 56.2 Å². The van der Waals surface area contributed by atoms with Crippen molar-refractivity contribution < 1.29 is 14.2 Å². The zero-order chi connectivity index (χ0) is 17.6. The third-order valence-corrected chi connectivity index (χ3v) is 5.06. The Kier molecular flexibility index (Phi) is 3.27. The summed E-state index contributed by atoms with van der Waals surface area (Å²) in [6.45, 7) is 1.35. The Morgan fingerprint density at radius 1 is 1.17 bits per heavy atom. The fourth-order valence-corrected chi connectivity index (χ4v) is 3.57. The van der Waals surface area contributed by atoms with Crippen molar-refractivity contribution in [3.05, 3.63) is 29.8 Å². The Bertz CT molecular complexity index is 815. The monoisotopic (exact) mass is 322 g/mol. The number of nitrogens with one attached hydrogen (secondary N) is 1. The lowest BCUT2D eigenvalue weighted by molar-refractivity contribution is -0.252. The number of methoxy groups -OCH3 is 1. The van der Waals surface area contributed by atoms with Gasteiger partial charge in [-0.15, -0.1) is 0 Å². The van der Waals surface area contributed by atoms with Crippen molar-refractivity contribution in [2.24, 2.45) is 16.7 Å². The highest BCUT2D eigenvalue weighted by Gasteiger charge is 2.76. The van der Waals surface area contributed by atoms with E-state index in [1.54, 1.807) is 38.3 Å². The summed E-state index contributed by atoms with van der Waals surface area (Å²) in [6.07, 6.45) is 0. The van der Waals surface area contributed by atoms with Crippen molar-refractivity contribution in [1.82, 2.24) is 0 Å². The molecule has 2 fully saturated rings. The van der Waals surface area contributed by atoms with E-state index in [9.17, 15) is 15.8 Å². The summed E-state index contributed by atoms with van der Waals surface area (Å²) in [5.41, 5.74) is -2.87. The molecule has 0 aromatic heterocycles. The highest BCUT2D eigenvalue weighted by molar-refractivity contribution is 5.89. The zero-order valence-corrected chi connectivity index (χ0v) is 13.2. The molecule has 2 aliphatic heterocycles. The maximum absolute atomic E-state index is 9.80. The van der Waals surface area contributed by atoms with Crippen molar-refractivity contribution in [3.8, 4) is 24.0 Å². The molecule has 2 bridgehead atoms. The average molecular weight is 322 g/mol. The van der Waals surface area contributed by atoms with Crippen molar-refractivity contribution in [1.29, 1.82) is 21.2 Å². The first-order valence-electron chi connectivity index (χ1n) is 7.26. The summed E-state index contributed by atoms with van der Waals surface area (Å²) in [4.78, 5) is 0. The van der Waals surface area contributed by atoms with Crippen LogP contribution in [0.3, 0.4) is 0 Å². The lowest BCUT2D eigenvalue weighted by Crippen LogP contribution is -2.56. The molecule has 7 heteroatoms. The van der Waals surface area contributed by atoms with Gasteiger partial charge in [-0.05, 0) is 24.3 Å². The normalized spacial score (nSPS) is 32.8. The van der Waals surface area contributed by atoms with Crippen LogP contribution in [-0.2, 0) is 15.3 Å². The van der Waals surface area contributed by atoms with Gasteiger partial charge in [-0.25, -0.2) is 0 Å². The molecule has 24 heavy (non-hydrogen) atoms. The van der Waals surface area contributed by atoms with Crippen LogP contribution in [-0.4, -0.2) is 19.6 Å². The van der Waals surface area contributed by atoms with Crippen LogP contribution in [0.2, 0.25) is 0 Å². The Morgan fingerprint density at radius 2 is 1.79 bits per heavy atom. The maximum atomic E-state index is 9.80. The summed E-state index contributed by atoms with van der Waals surface area (Å²) < 4.78 is 16.6. The van der Waals surface area contributed by atoms with Gasteiger partial charge in [-0.2, -0.15) is 15.8 Å². The minimum Gasteiger partial charge on any atom is -0.497 e. The molecule has 3 unspecified atom stereocenters. The van der Waals surface area contributed by atoms with Crippen molar-refractivity contribution in [2.75, 3.05) is 13.7 Å². The lowest BCUT2D eigenvalue weighted by atomic mass is 9.57. The molecule has 1 aromatic carbocycles. The number of hydrogen-bond acceptors (Lipinski definition) is 7. The van der Waals surface area contributed by atoms with E-state index < -0.39 is 28.4 Å². The fraction of sp³-hybridized carbons (Fsp3) is 0.412. The third-order valence-electron chi connectivity index (χ3n) is 5.06. The number of fused-ring (bicyclic) bond motifs is 2. The van der Waals surface area contributed by atoms with Crippen molar-refractivity contribution in [2.45, 2.75) is 12.7 Å². The summed E-state index contributed by atoms with van der Waals surface area (Å²) >= 11 is 0.